The number of nitrogens with zero attached hydrogens (tertiary/aromatic N) is 3. The van der Waals surface area contributed by atoms with Crippen LogP contribution in [0.2, 0.25) is 0 Å². The summed E-state index contributed by atoms with van der Waals surface area (Å²) >= 11 is 0. The number of hydrogen-bond acceptors (Lipinski definition) is 3. The van der Waals surface area contributed by atoms with Crippen molar-refractivity contribution in [2.45, 2.75) is 13.5 Å². The Bertz CT molecular complexity index is 794. The summed E-state index contributed by atoms with van der Waals surface area (Å²) in [6, 6.07) is 17.9. The predicted molar refractivity (Wildman–Crippen MR) is 84.2 cm³/mol. The Morgan fingerprint density at radius 2 is 1.90 bits per heavy atom. The Labute approximate surface area is 123 Å². The smallest absolute Gasteiger partial charge is 0.204 e. The van der Waals surface area contributed by atoms with Gasteiger partial charge in [0.2, 0.25) is 5.95 Å². The molecule has 4 heteroatoms. The zero-order valence-corrected chi connectivity index (χ0v) is 11.9. The van der Waals surface area contributed by atoms with Gasteiger partial charge in [0.15, 0.2) is 0 Å². The van der Waals surface area contributed by atoms with Gasteiger partial charge >= 0.3 is 0 Å². The maximum atomic E-state index is 8.87. The number of rotatable bonds is 4. The minimum Gasteiger partial charge on any atom is -0.356 e. The highest BCUT2D eigenvalue weighted by Gasteiger charge is 2.09. The summed E-state index contributed by atoms with van der Waals surface area (Å²) in [5.41, 5.74) is 3.93. The van der Waals surface area contributed by atoms with Crippen molar-refractivity contribution in [3.8, 4) is 6.07 Å². The van der Waals surface area contributed by atoms with Crippen molar-refractivity contribution >= 4 is 17.0 Å². The van der Waals surface area contributed by atoms with Crippen molar-refractivity contribution in [2.24, 2.45) is 0 Å². The molecular formula is C17H16N4. The molecule has 104 valence electrons. The van der Waals surface area contributed by atoms with Gasteiger partial charge in [0.1, 0.15) is 0 Å². The number of nitriles is 1. The first-order valence-corrected chi connectivity index (χ1v) is 7.00. The standard InChI is InChI=1S/C17H16N4/c1-2-19-17-20-15-5-3-4-6-16(15)21(17)12-14-9-7-13(11-18)8-10-14/h3-10H,2,12H2,1H3,(H,19,20). The van der Waals surface area contributed by atoms with Gasteiger partial charge < -0.3 is 9.88 Å². The SMILES string of the molecule is CCNc1nc2ccccc2n1Cc1ccc(C#N)cc1. The van der Waals surface area contributed by atoms with Crippen molar-refractivity contribution in [3.63, 3.8) is 0 Å². The summed E-state index contributed by atoms with van der Waals surface area (Å²) in [5.74, 6) is 0.878. The molecule has 1 heterocycles. The van der Waals surface area contributed by atoms with Crippen LogP contribution in [-0.2, 0) is 6.54 Å². The number of hydrogen-bond donors (Lipinski definition) is 1. The number of aromatic nitrogens is 2. The summed E-state index contributed by atoms with van der Waals surface area (Å²) in [6.45, 7) is 3.62. The van der Waals surface area contributed by atoms with Gasteiger partial charge in [-0.25, -0.2) is 4.98 Å². The van der Waals surface area contributed by atoms with Gasteiger partial charge in [0.25, 0.3) is 0 Å². The molecule has 0 aliphatic carbocycles. The average molecular weight is 276 g/mol. The van der Waals surface area contributed by atoms with Crippen LogP contribution in [0.4, 0.5) is 5.95 Å². The van der Waals surface area contributed by atoms with E-state index in [4.69, 9.17) is 5.26 Å². The second kappa shape index (κ2) is 5.68. The largest absolute Gasteiger partial charge is 0.356 e. The first kappa shape index (κ1) is 13.2. The zero-order chi connectivity index (χ0) is 14.7. The van der Waals surface area contributed by atoms with Crippen LogP contribution >= 0.6 is 0 Å². The normalized spacial score (nSPS) is 10.5. The van der Waals surface area contributed by atoms with E-state index in [0.717, 1.165) is 35.6 Å². The molecule has 0 aliphatic heterocycles. The fourth-order valence-electron chi connectivity index (χ4n) is 2.40. The van der Waals surface area contributed by atoms with Crippen molar-refractivity contribution in [2.75, 3.05) is 11.9 Å². The molecular weight excluding hydrogens is 260 g/mol. The number of nitrogens with one attached hydrogen (secondary N) is 1. The lowest BCUT2D eigenvalue weighted by atomic mass is 10.1. The Morgan fingerprint density at radius 1 is 1.14 bits per heavy atom. The summed E-state index contributed by atoms with van der Waals surface area (Å²) in [7, 11) is 0. The van der Waals surface area contributed by atoms with E-state index in [1.807, 2.05) is 42.5 Å². The topological polar surface area (TPSA) is 53.6 Å². The number of para-hydroxylation sites is 2. The number of imidazole rings is 1. The lowest BCUT2D eigenvalue weighted by molar-refractivity contribution is 0.825. The van der Waals surface area contributed by atoms with Gasteiger partial charge in [-0.15, -0.1) is 0 Å². The molecule has 0 saturated heterocycles. The monoisotopic (exact) mass is 276 g/mol. The number of fused-ring (bicyclic) bond motifs is 1. The molecule has 2 aromatic carbocycles. The number of anilines is 1. The molecule has 0 unspecified atom stereocenters. The van der Waals surface area contributed by atoms with E-state index in [2.05, 4.69) is 33.9 Å². The van der Waals surface area contributed by atoms with Crippen LogP contribution in [0.25, 0.3) is 11.0 Å². The van der Waals surface area contributed by atoms with Crippen LogP contribution in [-0.4, -0.2) is 16.1 Å². The van der Waals surface area contributed by atoms with Crippen LogP contribution in [0.3, 0.4) is 0 Å². The fourth-order valence-corrected chi connectivity index (χ4v) is 2.40. The van der Waals surface area contributed by atoms with Gasteiger partial charge in [0.05, 0.1) is 29.2 Å². The molecule has 1 aromatic heterocycles. The molecule has 21 heavy (non-hydrogen) atoms. The Kier molecular flexibility index (Phi) is 3.57. The first-order chi connectivity index (χ1) is 10.3. The molecule has 0 amide bonds. The third kappa shape index (κ3) is 2.59. The highest BCUT2D eigenvalue weighted by molar-refractivity contribution is 5.78. The highest BCUT2D eigenvalue weighted by Crippen LogP contribution is 2.21. The highest BCUT2D eigenvalue weighted by atomic mass is 15.2. The molecule has 0 radical (unpaired) electrons. The third-order valence-corrected chi connectivity index (χ3v) is 3.41. The van der Waals surface area contributed by atoms with Crippen LogP contribution in [0, 0.1) is 11.3 Å². The van der Waals surface area contributed by atoms with E-state index < -0.39 is 0 Å². The van der Waals surface area contributed by atoms with Gasteiger partial charge in [-0.05, 0) is 36.8 Å². The van der Waals surface area contributed by atoms with Crippen molar-refractivity contribution in [3.05, 3.63) is 59.7 Å². The summed E-state index contributed by atoms with van der Waals surface area (Å²) in [5, 5.41) is 12.2. The molecule has 0 saturated carbocycles. The van der Waals surface area contributed by atoms with Gasteiger partial charge in [-0.3, -0.25) is 0 Å². The van der Waals surface area contributed by atoms with Gasteiger partial charge in [-0.1, -0.05) is 24.3 Å². The van der Waals surface area contributed by atoms with E-state index in [1.54, 1.807) is 0 Å². The molecule has 0 bridgehead atoms. The van der Waals surface area contributed by atoms with Crippen molar-refractivity contribution in [1.82, 2.24) is 9.55 Å². The van der Waals surface area contributed by atoms with E-state index in [-0.39, 0.29) is 0 Å². The van der Waals surface area contributed by atoms with E-state index in [9.17, 15) is 0 Å². The maximum absolute atomic E-state index is 8.87. The van der Waals surface area contributed by atoms with Gasteiger partial charge in [0, 0.05) is 6.54 Å². The molecule has 0 spiro atoms. The minimum atomic E-state index is 0.682. The zero-order valence-electron chi connectivity index (χ0n) is 11.9. The second-order valence-electron chi connectivity index (χ2n) is 4.85. The van der Waals surface area contributed by atoms with E-state index in [1.165, 1.54) is 0 Å². The van der Waals surface area contributed by atoms with Crippen LogP contribution in [0.15, 0.2) is 48.5 Å². The van der Waals surface area contributed by atoms with Crippen molar-refractivity contribution in [1.29, 1.82) is 5.26 Å². The van der Waals surface area contributed by atoms with Crippen LogP contribution < -0.4 is 5.32 Å². The summed E-state index contributed by atoms with van der Waals surface area (Å²) < 4.78 is 2.17. The first-order valence-electron chi connectivity index (χ1n) is 7.00. The minimum absolute atomic E-state index is 0.682. The molecule has 0 fully saturated rings. The Balaban J connectivity index is 2.01. The van der Waals surface area contributed by atoms with Crippen LogP contribution in [0.1, 0.15) is 18.1 Å². The summed E-state index contributed by atoms with van der Waals surface area (Å²) in [6.07, 6.45) is 0. The lowest BCUT2D eigenvalue weighted by Crippen LogP contribution is -2.08. The Hall–Kier alpha value is -2.80. The molecule has 4 nitrogen and oxygen atoms in total. The van der Waals surface area contributed by atoms with Crippen LogP contribution in [0.5, 0.6) is 0 Å². The fraction of sp³-hybridized carbons (Fsp3) is 0.176. The molecule has 3 rings (SSSR count). The maximum Gasteiger partial charge on any atom is 0.204 e. The van der Waals surface area contributed by atoms with E-state index >= 15 is 0 Å². The third-order valence-electron chi connectivity index (χ3n) is 3.41. The lowest BCUT2D eigenvalue weighted by Gasteiger charge is -2.10. The predicted octanol–water partition coefficient (Wildman–Crippen LogP) is 3.39. The average Bonchev–Trinajstić information content (AvgIpc) is 2.86. The molecule has 1 N–H and O–H groups in total. The van der Waals surface area contributed by atoms with Gasteiger partial charge in [-0.2, -0.15) is 5.26 Å². The second-order valence-corrected chi connectivity index (χ2v) is 4.85. The molecule has 0 aliphatic rings. The Morgan fingerprint density at radius 3 is 2.62 bits per heavy atom. The molecule has 0 atom stereocenters. The molecule has 3 aromatic rings. The number of benzene rings is 2. The quantitative estimate of drug-likeness (QED) is 0.794. The summed E-state index contributed by atoms with van der Waals surface area (Å²) in [4.78, 5) is 4.63. The van der Waals surface area contributed by atoms with Crippen molar-refractivity contribution < 1.29 is 0 Å². The van der Waals surface area contributed by atoms with E-state index in [0.29, 0.717) is 5.56 Å².